The summed E-state index contributed by atoms with van der Waals surface area (Å²) >= 11 is 0. The number of ketones is 1. The van der Waals surface area contributed by atoms with E-state index in [-0.39, 0.29) is 22.7 Å². The molecule has 0 spiro atoms. The van der Waals surface area contributed by atoms with Crippen LogP contribution in [0.4, 0.5) is 5.69 Å². The van der Waals surface area contributed by atoms with E-state index in [1.54, 1.807) is 42.5 Å². The third-order valence-electron chi connectivity index (χ3n) is 7.08. The van der Waals surface area contributed by atoms with Crippen LogP contribution in [0.3, 0.4) is 0 Å². The summed E-state index contributed by atoms with van der Waals surface area (Å²) < 4.78 is 15.5. The highest BCUT2D eigenvalue weighted by atomic mass is 16.5. The Morgan fingerprint density at radius 3 is 2.09 bits per heavy atom. The second-order valence-corrected chi connectivity index (χ2v) is 10.3. The van der Waals surface area contributed by atoms with Gasteiger partial charge < -0.3 is 24.2 Å². The molecule has 0 atom stereocenters. The molecule has 0 heterocycles. The van der Waals surface area contributed by atoms with Crippen molar-refractivity contribution in [3.63, 3.8) is 0 Å². The van der Waals surface area contributed by atoms with Crippen LogP contribution in [0.15, 0.2) is 72.3 Å². The monoisotopic (exact) mass is 587 g/mol. The largest absolute Gasteiger partial charge is 0.507 e. The zero-order valence-corrected chi connectivity index (χ0v) is 25.4. The highest BCUT2D eigenvalue weighted by molar-refractivity contribution is 6.17. The molecule has 0 aliphatic carbocycles. The Bertz CT molecular complexity index is 1380. The number of esters is 2. The molecule has 0 radical (unpaired) electrons. The first-order valence-electron chi connectivity index (χ1n) is 14.6. The average Bonchev–Trinajstić information content (AvgIpc) is 3.03. The van der Waals surface area contributed by atoms with Crippen LogP contribution in [0.2, 0.25) is 0 Å². The molecule has 0 saturated heterocycles. The molecule has 0 fully saturated rings. The Kier molecular flexibility index (Phi) is 12.8. The smallest absolute Gasteiger partial charge is 0.345 e. The van der Waals surface area contributed by atoms with Crippen LogP contribution in [0, 0.1) is 0 Å². The van der Waals surface area contributed by atoms with Crippen molar-refractivity contribution in [2.24, 2.45) is 0 Å². The molecule has 0 aliphatic rings. The first-order valence-corrected chi connectivity index (χ1v) is 14.6. The minimum Gasteiger partial charge on any atom is -0.507 e. The van der Waals surface area contributed by atoms with Crippen molar-refractivity contribution in [3.05, 3.63) is 94.6 Å². The first kappa shape index (κ1) is 32.9. The fourth-order valence-electron chi connectivity index (χ4n) is 4.62. The molecular formula is C35H41NO7. The lowest BCUT2D eigenvalue weighted by atomic mass is 9.99. The van der Waals surface area contributed by atoms with E-state index >= 15 is 0 Å². The van der Waals surface area contributed by atoms with Crippen molar-refractivity contribution >= 4 is 29.5 Å². The lowest BCUT2D eigenvalue weighted by molar-refractivity contribution is -0.143. The topological polar surface area (TPSA) is 102 Å². The molecule has 0 bridgehead atoms. The van der Waals surface area contributed by atoms with Crippen molar-refractivity contribution in [1.29, 1.82) is 0 Å². The number of aromatic hydroxyl groups is 1. The summed E-state index contributed by atoms with van der Waals surface area (Å²) in [7, 11) is 4.30. The van der Waals surface area contributed by atoms with Crippen LogP contribution in [-0.4, -0.2) is 50.7 Å². The highest BCUT2D eigenvalue weighted by Gasteiger charge is 2.21. The minimum atomic E-state index is -0.783. The second-order valence-electron chi connectivity index (χ2n) is 10.3. The molecule has 8 heteroatoms. The van der Waals surface area contributed by atoms with Crippen molar-refractivity contribution in [2.75, 3.05) is 32.8 Å². The van der Waals surface area contributed by atoms with E-state index in [0.717, 1.165) is 30.5 Å². The molecule has 228 valence electrons. The number of phenols is 1. The van der Waals surface area contributed by atoms with Gasteiger partial charge in [-0.2, -0.15) is 0 Å². The lowest BCUT2D eigenvalue weighted by Crippen LogP contribution is -2.18. The quantitative estimate of drug-likeness (QED) is 0.0492. The van der Waals surface area contributed by atoms with E-state index in [0.29, 0.717) is 30.0 Å². The Labute approximate surface area is 253 Å². The van der Waals surface area contributed by atoms with E-state index in [2.05, 4.69) is 6.92 Å². The van der Waals surface area contributed by atoms with E-state index in [4.69, 9.17) is 14.2 Å². The number of hydrogen-bond acceptors (Lipinski definition) is 8. The molecule has 0 aliphatic heterocycles. The number of benzene rings is 3. The highest BCUT2D eigenvalue weighted by Crippen LogP contribution is 2.32. The van der Waals surface area contributed by atoms with Crippen LogP contribution >= 0.6 is 0 Å². The lowest BCUT2D eigenvalue weighted by Gasteiger charge is -2.22. The number of anilines is 1. The molecule has 1 N–H and O–H groups in total. The van der Waals surface area contributed by atoms with Gasteiger partial charge in [0, 0.05) is 36.5 Å². The van der Waals surface area contributed by atoms with Crippen molar-refractivity contribution < 1.29 is 33.7 Å². The van der Waals surface area contributed by atoms with Gasteiger partial charge in [0.15, 0.2) is 5.78 Å². The molecule has 0 aromatic heterocycles. The Hall–Kier alpha value is -4.59. The zero-order valence-electron chi connectivity index (χ0n) is 25.4. The summed E-state index contributed by atoms with van der Waals surface area (Å²) in [6, 6.07) is 19.3. The maximum atomic E-state index is 13.3. The first-order chi connectivity index (χ1) is 20.8. The van der Waals surface area contributed by atoms with Crippen molar-refractivity contribution in [2.45, 2.75) is 52.0 Å². The number of nitrogens with zero attached hydrogens (tertiary/aromatic N) is 1. The number of rotatable bonds is 16. The van der Waals surface area contributed by atoms with Crippen molar-refractivity contribution in [3.8, 4) is 11.5 Å². The summed E-state index contributed by atoms with van der Waals surface area (Å²) in [6.07, 6.45) is 8.19. The molecule has 3 rings (SSSR count). The number of phenolic OH excluding ortho intramolecular Hbond substituents is 1. The summed E-state index contributed by atoms with van der Waals surface area (Å²) in [5.41, 5.74) is 2.71. The van der Waals surface area contributed by atoms with Gasteiger partial charge in [-0.3, -0.25) is 4.79 Å². The summed E-state index contributed by atoms with van der Waals surface area (Å²) in [5.74, 6) is -1.43. The molecule has 0 saturated carbocycles. The maximum absolute atomic E-state index is 13.3. The van der Waals surface area contributed by atoms with Crippen LogP contribution < -0.4 is 9.64 Å². The molecule has 8 nitrogen and oxygen atoms in total. The zero-order chi connectivity index (χ0) is 31.2. The van der Waals surface area contributed by atoms with Crippen molar-refractivity contribution in [1.82, 2.24) is 0 Å². The van der Waals surface area contributed by atoms with Gasteiger partial charge in [-0.25, -0.2) is 9.59 Å². The van der Waals surface area contributed by atoms with Gasteiger partial charge in [-0.15, -0.1) is 0 Å². The number of ether oxygens (including phenoxy) is 3. The van der Waals surface area contributed by atoms with Gasteiger partial charge in [-0.05, 0) is 36.3 Å². The van der Waals surface area contributed by atoms with Crippen LogP contribution in [0.1, 0.15) is 72.5 Å². The van der Waals surface area contributed by atoms with Crippen LogP contribution in [0.5, 0.6) is 11.5 Å². The summed E-state index contributed by atoms with van der Waals surface area (Å²) in [5, 5.41) is 10.8. The summed E-state index contributed by atoms with van der Waals surface area (Å²) in [6.45, 7) is 3.10. The Morgan fingerprint density at radius 1 is 0.837 bits per heavy atom. The van der Waals surface area contributed by atoms with Gasteiger partial charge in [0.05, 0.1) is 26.4 Å². The predicted octanol–water partition coefficient (Wildman–Crippen LogP) is 6.73. The third kappa shape index (κ3) is 9.46. The minimum absolute atomic E-state index is 0.124. The standard InChI is InChI=1S/C35H41NO7/c1-5-6-7-8-9-13-20-43-32-23-31(37)29(33(38)26-14-11-10-12-15-26)22-27(32)24-36(2)28-18-16-25(17-19-28)21-30(34(39)41-3)35(40)42-4/h10-12,14-19,21-23,37H,5-9,13,20,24H2,1-4H3. The molecule has 0 unspecified atom stereocenters. The molecule has 3 aromatic carbocycles. The van der Waals surface area contributed by atoms with Gasteiger partial charge >= 0.3 is 11.9 Å². The second kappa shape index (κ2) is 16.8. The molecular weight excluding hydrogens is 546 g/mol. The third-order valence-corrected chi connectivity index (χ3v) is 7.08. The van der Waals surface area contributed by atoms with Gasteiger partial charge in [0.1, 0.15) is 17.1 Å². The summed E-state index contributed by atoms with van der Waals surface area (Å²) in [4.78, 5) is 39.3. The van der Waals surface area contributed by atoms with E-state index in [1.165, 1.54) is 45.6 Å². The number of unbranched alkanes of at least 4 members (excludes halogenated alkanes) is 5. The van der Waals surface area contributed by atoms with Gasteiger partial charge in [-0.1, -0.05) is 81.5 Å². The number of carbonyl (C=O) groups is 3. The van der Waals surface area contributed by atoms with Gasteiger partial charge in [0.2, 0.25) is 0 Å². The number of carbonyl (C=O) groups excluding carboxylic acids is 3. The van der Waals surface area contributed by atoms with E-state index in [1.807, 2.05) is 30.1 Å². The SMILES string of the molecule is CCCCCCCCOc1cc(O)c(C(=O)c2ccccc2)cc1CN(C)c1ccc(C=C(C(=O)OC)C(=O)OC)cc1. The Balaban J connectivity index is 1.84. The van der Waals surface area contributed by atoms with Gasteiger partial charge in [0.25, 0.3) is 0 Å². The molecule has 0 amide bonds. The fraction of sp³-hybridized carbons (Fsp3) is 0.343. The van der Waals surface area contributed by atoms with E-state index in [9.17, 15) is 19.5 Å². The maximum Gasteiger partial charge on any atom is 0.345 e. The fourth-order valence-corrected chi connectivity index (χ4v) is 4.62. The molecule has 3 aromatic rings. The van der Waals surface area contributed by atoms with Crippen LogP contribution in [-0.2, 0) is 25.6 Å². The average molecular weight is 588 g/mol. The number of methoxy groups -OCH3 is 2. The number of hydrogen-bond donors (Lipinski definition) is 1. The molecule has 43 heavy (non-hydrogen) atoms. The Morgan fingerprint density at radius 2 is 1.47 bits per heavy atom. The predicted molar refractivity (Wildman–Crippen MR) is 167 cm³/mol. The normalized spacial score (nSPS) is 10.5. The van der Waals surface area contributed by atoms with E-state index < -0.39 is 11.9 Å². The van der Waals surface area contributed by atoms with Crippen LogP contribution in [0.25, 0.3) is 6.08 Å².